The lowest BCUT2D eigenvalue weighted by molar-refractivity contribution is -0.120. The molecule has 3 aromatic rings. The molecular formula is C19H19FN4O5S3. The van der Waals surface area contributed by atoms with Gasteiger partial charge in [-0.25, -0.2) is 31.3 Å². The lowest BCUT2D eigenvalue weighted by Gasteiger charge is -2.30. The molecule has 0 unspecified atom stereocenters. The van der Waals surface area contributed by atoms with E-state index in [1.165, 1.54) is 40.7 Å². The van der Waals surface area contributed by atoms with Crippen LogP contribution in [0, 0.1) is 11.7 Å². The first-order valence-corrected chi connectivity index (χ1v) is 13.3. The minimum absolute atomic E-state index is 0.0463. The van der Waals surface area contributed by atoms with Crippen molar-refractivity contribution < 1.29 is 26.0 Å². The molecule has 13 heteroatoms. The predicted octanol–water partition coefficient (Wildman–Crippen LogP) is 2.12. The van der Waals surface area contributed by atoms with Crippen LogP contribution in [0.15, 0.2) is 52.3 Å². The van der Waals surface area contributed by atoms with E-state index < -0.39 is 31.8 Å². The molecular weight excluding hydrogens is 479 g/mol. The second kappa shape index (κ2) is 8.48. The molecule has 1 aromatic heterocycles. The molecule has 9 nitrogen and oxygen atoms in total. The highest BCUT2D eigenvalue weighted by Gasteiger charge is 2.33. The molecule has 0 bridgehead atoms. The average molecular weight is 499 g/mol. The fourth-order valence-electron chi connectivity index (χ4n) is 3.49. The molecule has 2 aromatic carbocycles. The van der Waals surface area contributed by atoms with Crippen LogP contribution in [0.25, 0.3) is 10.2 Å². The van der Waals surface area contributed by atoms with Crippen molar-refractivity contribution in [3.8, 4) is 0 Å². The third-order valence-electron chi connectivity index (χ3n) is 5.20. The third kappa shape index (κ3) is 4.52. The Morgan fingerprint density at radius 2 is 1.81 bits per heavy atom. The van der Waals surface area contributed by atoms with Crippen LogP contribution in [-0.4, -0.2) is 45.1 Å². The highest BCUT2D eigenvalue weighted by molar-refractivity contribution is 7.89. The molecule has 32 heavy (non-hydrogen) atoms. The van der Waals surface area contributed by atoms with E-state index in [0.29, 0.717) is 15.3 Å². The van der Waals surface area contributed by atoms with Crippen molar-refractivity contribution >= 4 is 52.6 Å². The molecule has 4 rings (SSSR count). The van der Waals surface area contributed by atoms with Crippen molar-refractivity contribution in [1.29, 1.82) is 0 Å². The summed E-state index contributed by atoms with van der Waals surface area (Å²) in [4.78, 5) is 16.5. The molecule has 0 spiro atoms. The van der Waals surface area contributed by atoms with E-state index in [4.69, 9.17) is 5.14 Å². The summed E-state index contributed by atoms with van der Waals surface area (Å²) in [6, 6.07) is 9.43. The fraction of sp³-hybridized carbons (Fsp3) is 0.263. The normalized spacial score (nSPS) is 16.3. The van der Waals surface area contributed by atoms with E-state index in [0.717, 1.165) is 17.4 Å². The van der Waals surface area contributed by atoms with Crippen molar-refractivity contribution in [1.82, 2.24) is 9.29 Å². The van der Waals surface area contributed by atoms with E-state index >= 15 is 0 Å². The van der Waals surface area contributed by atoms with Gasteiger partial charge in [0.15, 0.2) is 5.13 Å². The Bertz CT molecular complexity index is 1400. The Morgan fingerprint density at radius 1 is 1.12 bits per heavy atom. The Morgan fingerprint density at radius 3 is 2.47 bits per heavy atom. The van der Waals surface area contributed by atoms with Crippen molar-refractivity contribution in [3.63, 3.8) is 0 Å². The lowest BCUT2D eigenvalue weighted by Crippen LogP contribution is -2.41. The first-order chi connectivity index (χ1) is 15.1. The Balaban J connectivity index is 1.42. The van der Waals surface area contributed by atoms with Crippen LogP contribution in [0.4, 0.5) is 9.52 Å². The Labute approximate surface area is 188 Å². The molecule has 0 saturated carbocycles. The molecule has 0 aliphatic carbocycles. The maximum absolute atomic E-state index is 13.9. The second-order valence-electron chi connectivity index (χ2n) is 7.29. The number of primary sulfonamides is 1. The van der Waals surface area contributed by atoms with Crippen molar-refractivity contribution in [2.45, 2.75) is 22.6 Å². The number of nitrogens with zero attached hydrogens (tertiary/aromatic N) is 2. The van der Waals surface area contributed by atoms with E-state index in [1.807, 2.05) is 0 Å². The van der Waals surface area contributed by atoms with Gasteiger partial charge in [0.25, 0.3) is 0 Å². The van der Waals surface area contributed by atoms with E-state index in [-0.39, 0.29) is 41.6 Å². The summed E-state index contributed by atoms with van der Waals surface area (Å²) in [5, 5.41) is 8.16. The molecule has 1 aliphatic rings. The van der Waals surface area contributed by atoms with Gasteiger partial charge in [0.1, 0.15) is 10.7 Å². The zero-order chi connectivity index (χ0) is 23.1. The van der Waals surface area contributed by atoms with E-state index in [1.54, 1.807) is 0 Å². The number of sulfonamides is 2. The summed E-state index contributed by atoms with van der Waals surface area (Å²) in [7, 11) is -7.83. The van der Waals surface area contributed by atoms with Crippen LogP contribution in [-0.2, 0) is 24.8 Å². The summed E-state index contributed by atoms with van der Waals surface area (Å²) < 4.78 is 64.1. The zero-order valence-electron chi connectivity index (χ0n) is 16.6. The number of carbonyl (C=O) groups excluding carboxylic acids is 1. The molecule has 1 aliphatic heterocycles. The van der Waals surface area contributed by atoms with E-state index in [2.05, 4.69) is 10.3 Å². The quantitative estimate of drug-likeness (QED) is 0.552. The number of hydrogen-bond acceptors (Lipinski definition) is 7. The van der Waals surface area contributed by atoms with Crippen LogP contribution >= 0.6 is 11.3 Å². The SMILES string of the molecule is NS(=O)(=O)c1ccc2nc(NC(=O)C3CCN(S(=O)(=O)c4ccccc4F)CC3)sc2c1. The molecule has 170 valence electrons. The highest BCUT2D eigenvalue weighted by Crippen LogP contribution is 2.30. The summed E-state index contributed by atoms with van der Waals surface area (Å²) in [5.74, 6) is -1.55. The van der Waals surface area contributed by atoms with Crippen LogP contribution in [0.5, 0.6) is 0 Å². The minimum Gasteiger partial charge on any atom is -0.302 e. The lowest BCUT2D eigenvalue weighted by atomic mass is 9.97. The molecule has 0 atom stereocenters. The van der Waals surface area contributed by atoms with Crippen molar-refractivity contribution in [2.24, 2.45) is 11.1 Å². The number of amides is 1. The van der Waals surface area contributed by atoms with Gasteiger partial charge in [0.2, 0.25) is 26.0 Å². The number of rotatable bonds is 5. The fourth-order valence-corrected chi connectivity index (χ4v) is 6.55. The second-order valence-corrected chi connectivity index (χ2v) is 11.8. The maximum atomic E-state index is 13.9. The van der Waals surface area contributed by atoms with Gasteiger partial charge >= 0.3 is 0 Å². The van der Waals surface area contributed by atoms with Gasteiger partial charge in [0.05, 0.1) is 15.1 Å². The van der Waals surface area contributed by atoms with Crippen molar-refractivity contribution in [2.75, 3.05) is 18.4 Å². The number of carbonyl (C=O) groups is 1. The van der Waals surface area contributed by atoms with Gasteiger partial charge in [-0.2, -0.15) is 4.31 Å². The summed E-state index contributed by atoms with van der Waals surface area (Å²) in [6.45, 7) is 0.179. The summed E-state index contributed by atoms with van der Waals surface area (Å²) >= 11 is 1.11. The van der Waals surface area contributed by atoms with Crippen molar-refractivity contribution in [3.05, 3.63) is 48.3 Å². The molecule has 1 amide bonds. The number of hydrogen-bond donors (Lipinski definition) is 2. The number of fused-ring (bicyclic) bond motifs is 1. The topological polar surface area (TPSA) is 140 Å². The number of benzene rings is 2. The van der Waals surface area contributed by atoms with Gasteiger partial charge in [-0.05, 0) is 43.2 Å². The molecule has 1 saturated heterocycles. The summed E-state index contributed by atoms with van der Waals surface area (Å²) in [5.41, 5.74) is 0.517. The third-order valence-corrected chi connectivity index (χ3v) is 8.97. The highest BCUT2D eigenvalue weighted by atomic mass is 32.2. The Hall–Kier alpha value is -2.45. The number of halogens is 1. The van der Waals surface area contributed by atoms with Gasteiger partial charge in [-0.3, -0.25) is 4.79 Å². The van der Waals surface area contributed by atoms with Crippen LogP contribution in [0.1, 0.15) is 12.8 Å². The Kier molecular flexibility index (Phi) is 6.02. The maximum Gasteiger partial charge on any atom is 0.245 e. The number of nitrogens with one attached hydrogen (secondary N) is 1. The predicted molar refractivity (Wildman–Crippen MR) is 118 cm³/mol. The first-order valence-electron chi connectivity index (χ1n) is 9.54. The number of thiazole rings is 1. The number of anilines is 1. The van der Waals surface area contributed by atoms with Crippen LogP contribution < -0.4 is 10.5 Å². The largest absolute Gasteiger partial charge is 0.302 e. The smallest absolute Gasteiger partial charge is 0.245 e. The number of piperidine rings is 1. The molecule has 0 radical (unpaired) electrons. The van der Waals surface area contributed by atoms with Gasteiger partial charge in [0, 0.05) is 19.0 Å². The van der Waals surface area contributed by atoms with Gasteiger partial charge in [-0.15, -0.1) is 0 Å². The molecule has 3 N–H and O–H groups in total. The minimum atomic E-state index is -3.98. The van der Waals surface area contributed by atoms with Crippen LogP contribution in [0.2, 0.25) is 0 Å². The average Bonchev–Trinajstić information content (AvgIpc) is 3.15. The number of aromatic nitrogens is 1. The summed E-state index contributed by atoms with van der Waals surface area (Å²) in [6.07, 6.45) is 0.556. The van der Waals surface area contributed by atoms with Crippen LogP contribution in [0.3, 0.4) is 0 Å². The molecule has 2 heterocycles. The van der Waals surface area contributed by atoms with E-state index in [9.17, 15) is 26.0 Å². The number of nitrogens with two attached hydrogens (primary N) is 1. The standard InChI is InChI=1S/C19H19FN4O5S3/c20-14-3-1-2-4-17(14)32(28,29)24-9-7-12(8-10-24)18(25)23-19-22-15-6-5-13(31(21,26)27)11-16(15)30-19/h1-6,11-12H,7-10H2,(H2,21,26,27)(H,22,23,25). The first kappa shape index (κ1) is 22.7. The molecule has 1 fully saturated rings. The van der Waals surface area contributed by atoms with Gasteiger partial charge in [-0.1, -0.05) is 23.5 Å². The monoisotopic (exact) mass is 498 g/mol. The van der Waals surface area contributed by atoms with Gasteiger partial charge < -0.3 is 5.32 Å². The zero-order valence-corrected chi connectivity index (χ0v) is 19.0.